The van der Waals surface area contributed by atoms with E-state index in [1.807, 2.05) is 12.1 Å². The van der Waals surface area contributed by atoms with Crippen LogP contribution < -0.4 is 15.4 Å². The molecule has 8 rings (SSSR count). The zero-order valence-electron chi connectivity index (χ0n) is 22.6. The molecule has 4 aliphatic carbocycles. The van der Waals surface area contributed by atoms with E-state index >= 15 is 0 Å². The van der Waals surface area contributed by atoms with Gasteiger partial charge in [0.15, 0.2) is 0 Å². The molecule has 2 heterocycles. The molecule has 2 aromatic carbocycles. The normalized spacial score (nSPS) is 30.6. The second-order valence-electron chi connectivity index (χ2n) is 12.6. The topological polar surface area (TPSA) is 105 Å². The first-order chi connectivity index (χ1) is 19.4. The minimum absolute atomic E-state index is 0.0848. The highest BCUT2D eigenvalue weighted by Gasteiger charge is 2.50. The molecule has 1 saturated heterocycles. The minimum atomic E-state index is -0.997. The molecule has 8 nitrogen and oxygen atoms in total. The van der Waals surface area contributed by atoms with Gasteiger partial charge < -0.3 is 10.1 Å². The van der Waals surface area contributed by atoms with Crippen molar-refractivity contribution in [2.45, 2.75) is 76.0 Å². The van der Waals surface area contributed by atoms with Gasteiger partial charge in [-0.1, -0.05) is 30.3 Å². The van der Waals surface area contributed by atoms with Crippen molar-refractivity contribution in [3.63, 3.8) is 0 Å². The lowest BCUT2D eigenvalue weighted by atomic mass is 9.53. The van der Waals surface area contributed by atoms with Gasteiger partial charge in [0.2, 0.25) is 11.8 Å². The van der Waals surface area contributed by atoms with Gasteiger partial charge in [-0.2, -0.15) is 0 Å². The Morgan fingerprint density at radius 1 is 0.875 bits per heavy atom. The van der Waals surface area contributed by atoms with Crippen LogP contribution in [0.4, 0.5) is 0 Å². The van der Waals surface area contributed by atoms with Crippen LogP contribution >= 0.6 is 0 Å². The predicted molar refractivity (Wildman–Crippen MR) is 146 cm³/mol. The molecule has 0 radical (unpaired) electrons. The van der Waals surface area contributed by atoms with E-state index in [-0.39, 0.29) is 30.6 Å². The number of carbonyl (C=O) groups excluding carboxylic acids is 4. The molecule has 2 N–H and O–H groups in total. The van der Waals surface area contributed by atoms with Crippen molar-refractivity contribution in [1.29, 1.82) is 0 Å². The number of hydrogen-bond acceptors (Lipinski definition) is 6. The Bertz CT molecular complexity index is 1350. The van der Waals surface area contributed by atoms with Crippen molar-refractivity contribution in [2.75, 3.05) is 6.54 Å². The Balaban J connectivity index is 0.963. The number of nitrogens with one attached hydrogen (secondary N) is 2. The number of piperidine rings is 1. The van der Waals surface area contributed by atoms with E-state index in [9.17, 15) is 19.2 Å². The van der Waals surface area contributed by atoms with Crippen molar-refractivity contribution < 1.29 is 23.9 Å². The molecule has 208 valence electrons. The summed E-state index contributed by atoms with van der Waals surface area (Å²) >= 11 is 0. The molecular weight excluding hydrogens is 506 g/mol. The van der Waals surface area contributed by atoms with Crippen LogP contribution in [0.1, 0.15) is 83.2 Å². The van der Waals surface area contributed by atoms with E-state index in [0.717, 1.165) is 41.2 Å². The van der Waals surface area contributed by atoms with Crippen molar-refractivity contribution in [2.24, 2.45) is 17.8 Å². The van der Waals surface area contributed by atoms with Gasteiger partial charge in [-0.15, -0.1) is 0 Å². The molecule has 2 aromatic rings. The Morgan fingerprint density at radius 2 is 1.55 bits per heavy atom. The summed E-state index contributed by atoms with van der Waals surface area (Å²) < 4.78 is 6.03. The molecule has 4 bridgehead atoms. The fourth-order valence-corrected chi connectivity index (χ4v) is 8.37. The quantitative estimate of drug-likeness (QED) is 0.493. The van der Waals surface area contributed by atoms with Crippen LogP contribution in [-0.2, 0) is 22.6 Å². The lowest BCUT2D eigenvalue weighted by molar-refractivity contribution is -0.136. The monoisotopic (exact) mass is 541 g/mol. The number of fused-ring (bicyclic) bond motifs is 1. The highest BCUT2D eigenvalue weighted by molar-refractivity contribution is 6.24. The van der Waals surface area contributed by atoms with E-state index in [0.29, 0.717) is 11.3 Å². The number of imide groups is 2. The number of carbonyl (C=O) groups is 4. The third kappa shape index (κ3) is 4.52. The smallest absolute Gasteiger partial charge is 0.266 e. The fourth-order valence-electron chi connectivity index (χ4n) is 8.37. The zero-order valence-corrected chi connectivity index (χ0v) is 22.6. The first-order valence-electron chi connectivity index (χ1n) is 14.7. The standard InChI is InChI=1S/C32H35N3O5/c36-27-9-8-25(29(37)34-27)35-30(38)24-2-1-3-26(28(24)31(35)39)40-18-20-6-4-19(5-7-20)10-11-33-32-15-21-12-22(16-32)14-23(13-21)17-32/h1-7,21-23,25,33H,8-18H2,(H,34,36,37). The van der Waals surface area contributed by atoms with E-state index in [1.54, 1.807) is 18.2 Å². The number of benzene rings is 2. The van der Waals surface area contributed by atoms with Crippen molar-refractivity contribution in [3.8, 4) is 5.75 Å². The molecule has 6 aliphatic rings. The minimum Gasteiger partial charge on any atom is -0.488 e. The Labute approximate surface area is 233 Å². The number of nitrogens with zero attached hydrogens (tertiary/aromatic N) is 1. The molecular formula is C32H35N3O5. The third-order valence-electron chi connectivity index (χ3n) is 9.80. The van der Waals surface area contributed by atoms with Gasteiger partial charge >= 0.3 is 0 Å². The average Bonchev–Trinajstić information content (AvgIpc) is 3.17. The molecule has 1 atom stereocenters. The second-order valence-corrected chi connectivity index (χ2v) is 12.6. The van der Waals surface area contributed by atoms with Crippen LogP contribution in [0.2, 0.25) is 0 Å². The summed E-state index contributed by atoms with van der Waals surface area (Å²) in [6.45, 7) is 1.25. The molecule has 4 saturated carbocycles. The first-order valence-corrected chi connectivity index (χ1v) is 14.7. The van der Waals surface area contributed by atoms with Gasteiger partial charge in [-0.05, 0) is 98.9 Å². The Kier molecular flexibility index (Phi) is 6.26. The Hall–Kier alpha value is -3.52. The number of amides is 4. The summed E-state index contributed by atoms with van der Waals surface area (Å²) in [6.07, 6.45) is 9.64. The number of ether oxygens (including phenoxy) is 1. The first kappa shape index (κ1) is 25.4. The summed E-state index contributed by atoms with van der Waals surface area (Å²) in [4.78, 5) is 51.2. The van der Waals surface area contributed by atoms with Crippen molar-refractivity contribution >= 4 is 23.6 Å². The van der Waals surface area contributed by atoms with Crippen LogP contribution in [0, 0.1) is 17.8 Å². The summed E-state index contributed by atoms with van der Waals surface area (Å²) in [5, 5.41) is 6.19. The fraction of sp³-hybridized carbons (Fsp3) is 0.500. The SMILES string of the molecule is O=C1CCC(N2C(=O)c3cccc(OCc4ccc(CCNC56CC7CC(CC(C7)C5)C6)cc4)c3C2=O)C(=O)N1. The lowest BCUT2D eigenvalue weighted by Crippen LogP contribution is -2.58. The molecule has 8 heteroatoms. The van der Waals surface area contributed by atoms with Gasteiger partial charge in [0.25, 0.3) is 11.8 Å². The molecule has 1 unspecified atom stereocenters. The molecule has 4 amide bonds. The van der Waals surface area contributed by atoms with E-state index in [2.05, 4.69) is 22.8 Å². The highest BCUT2D eigenvalue weighted by atomic mass is 16.5. The van der Waals surface area contributed by atoms with E-state index in [1.165, 1.54) is 44.1 Å². The van der Waals surface area contributed by atoms with Crippen LogP contribution in [0.3, 0.4) is 0 Å². The average molecular weight is 542 g/mol. The largest absolute Gasteiger partial charge is 0.488 e. The summed E-state index contributed by atoms with van der Waals surface area (Å²) in [5.74, 6) is 1.02. The van der Waals surface area contributed by atoms with Gasteiger partial charge in [0.1, 0.15) is 18.4 Å². The highest BCUT2D eigenvalue weighted by Crippen LogP contribution is 2.55. The van der Waals surface area contributed by atoms with Gasteiger partial charge in [0, 0.05) is 12.0 Å². The van der Waals surface area contributed by atoms with Crippen molar-refractivity contribution in [3.05, 3.63) is 64.7 Å². The van der Waals surface area contributed by atoms with E-state index in [4.69, 9.17) is 4.74 Å². The predicted octanol–water partition coefficient (Wildman–Crippen LogP) is 3.77. The van der Waals surface area contributed by atoms with Crippen LogP contribution in [0.15, 0.2) is 42.5 Å². The van der Waals surface area contributed by atoms with E-state index < -0.39 is 29.7 Å². The molecule has 40 heavy (non-hydrogen) atoms. The zero-order chi connectivity index (χ0) is 27.4. The van der Waals surface area contributed by atoms with Gasteiger partial charge in [-0.3, -0.25) is 29.4 Å². The van der Waals surface area contributed by atoms with Crippen LogP contribution in [-0.4, -0.2) is 46.7 Å². The van der Waals surface area contributed by atoms with Crippen LogP contribution in [0.5, 0.6) is 5.75 Å². The van der Waals surface area contributed by atoms with Crippen LogP contribution in [0.25, 0.3) is 0 Å². The Morgan fingerprint density at radius 3 is 2.23 bits per heavy atom. The molecule has 2 aliphatic heterocycles. The number of rotatable bonds is 8. The maximum absolute atomic E-state index is 13.3. The third-order valence-corrected chi connectivity index (χ3v) is 9.80. The summed E-state index contributed by atoms with van der Waals surface area (Å²) in [6, 6.07) is 12.3. The van der Waals surface area contributed by atoms with Gasteiger partial charge in [-0.25, -0.2) is 0 Å². The van der Waals surface area contributed by atoms with Gasteiger partial charge in [0.05, 0.1) is 11.1 Å². The lowest BCUT2D eigenvalue weighted by Gasteiger charge is -2.57. The van der Waals surface area contributed by atoms with Crippen molar-refractivity contribution in [1.82, 2.24) is 15.5 Å². The maximum Gasteiger partial charge on any atom is 0.266 e. The molecule has 0 aromatic heterocycles. The molecule has 0 spiro atoms. The number of hydrogen-bond donors (Lipinski definition) is 2. The summed E-state index contributed by atoms with van der Waals surface area (Å²) in [7, 11) is 0. The summed E-state index contributed by atoms with van der Waals surface area (Å²) in [5.41, 5.74) is 3.01. The maximum atomic E-state index is 13.3. The molecule has 5 fully saturated rings. The second kappa shape index (κ2) is 9.84.